The van der Waals surface area contributed by atoms with Crippen LogP contribution in [0.2, 0.25) is 0 Å². The lowest BCUT2D eigenvalue weighted by molar-refractivity contribution is 0.0429. The Morgan fingerprint density at radius 3 is 1.96 bits per heavy atom. The molecule has 7 nitrogen and oxygen atoms in total. The third-order valence-corrected chi connectivity index (χ3v) is 2.27. The Morgan fingerprint density at radius 1 is 1.09 bits per heavy atom. The number of amides is 2. The summed E-state index contributed by atoms with van der Waals surface area (Å²) in [7, 11) is 0. The molecule has 1 rings (SSSR count). The number of carbonyl (C=O) groups is 2. The Hall–Kier alpha value is -2.62. The van der Waals surface area contributed by atoms with Gasteiger partial charge in [0.25, 0.3) is 0 Å². The topological polar surface area (TPSA) is 92.5 Å². The van der Waals surface area contributed by atoms with Crippen LogP contribution in [0.1, 0.15) is 47.1 Å². The molecule has 0 bridgehead atoms. The van der Waals surface area contributed by atoms with Crippen molar-refractivity contribution in [3.05, 3.63) is 23.9 Å². The molecule has 0 unspecified atom stereocenters. The van der Waals surface area contributed by atoms with Crippen molar-refractivity contribution in [3.63, 3.8) is 0 Å². The van der Waals surface area contributed by atoms with Crippen molar-refractivity contribution in [1.82, 2.24) is 4.98 Å². The first-order chi connectivity index (χ1) is 10.4. The molecule has 2 amide bonds. The summed E-state index contributed by atoms with van der Waals surface area (Å²) in [4.78, 5) is 29.4. The monoisotopic (exact) mass is 319 g/mol. The van der Waals surface area contributed by atoms with Crippen molar-refractivity contribution in [2.75, 3.05) is 4.90 Å². The highest BCUT2D eigenvalue weighted by Gasteiger charge is 2.34. The lowest BCUT2D eigenvalue weighted by Gasteiger charge is -2.28. The summed E-state index contributed by atoms with van der Waals surface area (Å²) in [5, 5.41) is 9.18. The number of nitriles is 1. The molecule has 1 aromatic heterocycles. The summed E-state index contributed by atoms with van der Waals surface area (Å²) in [6.07, 6.45) is -0.540. The highest BCUT2D eigenvalue weighted by molar-refractivity contribution is 6.09. The number of hydrogen-bond donors (Lipinski definition) is 0. The third-order valence-electron chi connectivity index (χ3n) is 2.27. The van der Waals surface area contributed by atoms with Gasteiger partial charge < -0.3 is 9.47 Å². The van der Waals surface area contributed by atoms with E-state index in [1.165, 1.54) is 18.3 Å². The molecule has 23 heavy (non-hydrogen) atoms. The standard InChI is InChI=1S/C16H21N3O4/c1-15(2,3)22-13(20)19(14(21)23-16(4,5)6)12-11(10-17)8-7-9-18-12/h7-9H,1-6H3. The molecule has 0 saturated heterocycles. The first-order valence-electron chi connectivity index (χ1n) is 7.06. The Bertz CT molecular complexity index is 608. The number of ether oxygens (including phenoxy) is 2. The van der Waals surface area contributed by atoms with Gasteiger partial charge in [0.15, 0.2) is 5.82 Å². The minimum atomic E-state index is -0.957. The van der Waals surface area contributed by atoms with Gasteiger partial charge in [0.2, 0.25) is 0 Å². The fourth-order valence-electron chi connectivity index (χ4n) is 1.53. The van der Waals surface area contributed by atoms with Gasteiger partial charge in [-0.05, 0) is 53.7 Å². The third kappa shape index (κ3) is 5.58. The SMILES string of the molecule is CC(C)(C)OC(=O)N(C(=O)OC(C)(C)C)c1ncccc1C#N. The summed E-state index contributed by atoms with van der Waals surface area (Å²) in [5.41, 5.74) is -1.58. The van der Waals surface area contributed by atoms with Crippen LogP contribution < -0.4 is 4.90 Å². The second-order valence-electron chi connectivity index (χ2n) is 6.78. The molecule has 0 fully saturated rings. The summed E-state index contributed by atoms with van der Waals surface area (Å²) in [6, 6.07) is 4.87. The van der Waals surface area contributed by atoms with Crippen molar-refractivity contribution in [3.8, 4) is 6.07 Å². The van der Waals surface area contributed by atoms with Crippen LogP contribution in [0.4, 0.5) is 15.4 Å². The maximum absolute atomic E-state index is 12.4. The lowest BCUT2D eigenvalue weighted by atomic mass is 10.2. The van der Waals surface area contributed by atoms with Crippen molar-refractivity contribution >= 4 is 18.0 Å². The van der Waals surface area contributed by atoms with Gasteiger partial charge in [-0.2, -0.15) is 10.2 Å². The number of imide groups is 1. The predicted octanol–water partition coefficient (Wildman–Crippen LogP) is 3.63. The first kappa shape index (κ1) is 18.4. The zero-order valence-corrected chi connectivity index (χ0v) is 14.2. The van der Waals surface area contributed by atoms with Gasteiger partial charge in [0, 0.05) is 6.20 Å². The molecule has 0 aliphatic rings. The molecule has 0 aliphatic carbocycles. The molecule has 0 N–H and O–H groups in total. The van der Waals surface area contributed by atoms with Crippen LogP contribution >= 0.6 is 0 Å². The van der Waals surface area contributed by atoms with Gasteiger partial charge in [-0.3, -0.25) is 0 Å². The molecule has 7 heteroatoms. The molecule has 1 heterocycles. The zero-order chi connectivity index (χ0) is 17.8. The average molecular weight is 319 g/mol. The van der Waals surface area contributed by atoms with E-state index >= 15 is 0 Å². The van der Waals surface area contributed by atoms with E-state index in [0.29, 0.717) is 4.90 Å². The maximum atomic E-state index is 12.4. The number of carbonyl (C=O) groups excluding carboxylic acids is 2. The Morgan fingerprint density at radius 2 is 1.57 bits per heavy atom. The Labute approximate surface area is 135 Å². The summed E-state index contributed by atoms with van der Waals surface area (Å²) >= 11 is 0. The van der Waals surface area contributed by atoms with E-state index in [1.54, 1.807) is 41.5 Å². The van der Waals surface area contributed by atoms with Crippen LogP contribution in [0.25, 0.3) is 0 Å². The fraction of sp³-hybridized carbons (Fsp3) is 0.500. The minimum Gasteiger partial charge on any atom is -0.443 e. The van der Waals surface area contributed by atoms with Crippen LogP contribution in [0, 0.1) is 11.3 Å². The summed E-state index contributed by atoms with van der Waals surface area (Å²) < 4.78 is 10.5. The molecule has 0 aromatic carbocycles. The van der Waals surface area contributed by atoms with Crippen molar-refractivity contribution in [2.45, 2.75) is 52.7 Å². The van der Waals surface area contributed by atoms with E-state index in [2.05, 4.69) is 4.98 Å². The van der Waals surface area contributed by atoms with Crippen LogP contribution in [0.3, 0.4) is 0 Å². The number of hydrogen-bond acceptors (Lipinski definition) is 6. The molecule has 0 spiro atoms. The van der Waals surface area contributed by atoms with E-state index in [1.807, 2.05) is 6.07 Å². The molecule has 0 radical (unpaired) electrons. The Balaban J connectivity index is 3.29. The quantitative estimate of drug-likeness (QED) is 0.784. The summed E-state index contributed by atoms with van der Waals surface area (Å²) in [6.45, 7) is 10.0. The summed E-state index contributed by atoms with van der Waals surface area (Å²) in [5.74, 6) is -0.126. The maximum Gasteiger partial charge on any atom is 0.425 e. The number of pyridine rings is 1. The second-order valence-corrected chi connectivity index (χ2v) is 6.78. The van der Waals surface area contributed by atoms with E-state index in [-0.39, 0.29) is 11.4 Å². The molecular formula is C16H21N3O4. The van der Waals surface area contributed by atoms with Gasteiger partial charge in [0.05, 0.1) is 5.56 Å². The van der Waals surface area contributed by atoms with Gasteiger partial charge in [-0.1, -0.05) is 0 Å². The molecule has 124 valence electrons. The smallest absolute Gasteiger partial charge is 0.425 e. The van der Waals surface area contributed by atoms with E-state index < -0.39 is 23.4 Å². The largest absolute Gasteiger partial charge is 0.443 e. The van der Waals surface area contributed by atoms with E-state index in [9.17, 15) is 14.9 Å². The minimum absolute atomic E-state index is 0.0595. The van der Waals surface area contributed by atoms with Crippen molar-refractivity contribution in [2.24, 2.45) is 0 Å². The highest BCUT2D eigenvalue weighted by Crippen LogP contribution is 2.22. The van der Waals surface area contributed by atoms with Crippen LogP contribution in [0.5, 0.6) is 0 Å². The zero-order valence-electron chi connectivity index (χ0n) is 14.2. The van der Waals surface area contributed by atoms with Crippen LogP contribution in [0.15, 0.2) is 18.3 Å². The predicted molar refractivity (Wildman–Crippen MR) is 83.9 cm³/mol. The van der Waals surface area contributed by atoms with Crippen LogP contribution in [-0.4, -0.2) is 28.4 Å². The molecule has 0 atom stereocenters. The number of nitrogens with zero attached hydrogens (tertiary/aromatic N) is 3. The normalized spacial score (nSPS) is 11.3. The highest BCUT2D eigenvalue weighted by atomic mass is 16.6. The average Bonchev–Trinajstić information content (AvgIpc) is 2.35. The van der Waals surface area contributed by atoms with Crippen molar-refractivity contribution < 1.29 is 19.1 Å². The fourth-order valence-corrected chi connectivity index (χ4v) is 1.53. The molecule has 0 aliphatic heterocycles. The second kappa shape index (κ2) is 6.65. The van der Waals surface area contributed by atoms with Gasteiger partial charge in [-0.15, -0.1) is 0 Å². The number of aromatic nitrogens is 1. The Kier molecular flexibility index (Phi) is 5.33. The molecule has 1 aromatic rings. The van der Waals surface area contributed by atoms with Gasteiger partial charge >= 0.3 is 12.2 Å². The van der Waals surface area contributed by atoms with E-state index in [4.69, 9.17) is 9.47 Å². The van der Waals surface area contributed by atoms with Gasteiger partial charge in [0.1, 0.15) is 17.3 Å². The van der Waals surface area contributed by atoms with E-state index in [0.717, 1.165) is 0 Å². The molecular weight excluding hydrogens is 298 g/mol. The van der Waals surface area contributed by atoms with Crippen LogP contribution in [-0.2, 0) is 9.47 Å². The first-order valence-corrected chi connectivity index (χ1v) is 7.06. The van der Waals surface area contributed by atoms with Crippen molar-refractivity contribution in [1.29, 1.82) is 5.26 Å². The lowest BCUT2D eigenvalue weighted by Crippen LogP contribution is -2.44. The van der Waals surface area contributed by atoms with Gasteiger partial charge in [-0.25, -0.2) is 14.6 Å². The number of rotatable bonds is 1. The number of anilines is 1. The molecule has 0 saturated carbocycles.